The molecule has 0 N–H and O–H groups in total. The van der Waals surface area contributed by atoms with E-state index in [-0.39, 0.29) is 5.91 Å². The van der Waals surface area contributed by atoms with E-state index in [1.807, 2.05) is 24.0 Å². The van der Waals surface area contributed by atoms with Gasteiger partial charge in [0.2, 0.25) is 0 Å². The van der Waals surface area contributed by atoms with Crippen molar-refractivity contribution in [3.63, 3.8) is 0 Å². The summed E-state index contributed by atoms with van der Waals surface area (Å²) in [4.78, 5) is 21.2. The Morgan fingerprint density at radius 2 is 2.04 bits per heavy atom. The molecule has 1 amide bonds. The van der Waals surface area contributed by atoms with Gasteiger partial charge >= 0.3 is 0 Å². The Labute approximate surface area is 172 Å². The zero-order valence-corrected chi connectivity index (χ0v) is 17.6. The molecule has 1 aromatic heterocycles. The number of halogens is 2. The second-order valence-corrected chi connectivity index (χ2v) is 7.27. The Morgan fingerprint density at radius 1 is 1.30 bits per heavy atom. The van der Waals surface area contributed by atoms with Crippen molar-refractivity contribution in [2.24, 2.45) is 0 Å². The zero-order chi connectivity index (χ0) is 19.4. The van der Waals surface area contributed by atoms with Crippen LogP contribution in [0.3, 0.4) is 0 Å². The van der Waals surface area contributed by atoms with Crippen molar-refractivity contribution in [3.8, 4) is 11.5 Å². The van der Waals surface area contributed by atoms with E-state index in [1.54, 1.807) is 25.4 Å². The highest BCUT2D eigenvalue weighted by atomic mass is 79.9. The minimum Gasteiger partial charge on any atom is -0.493 e. The highest BCUT2D eigenvalue weighted by Crippen LogP contribution is 2.37. The summed E-state index contributed by atoms with van der Waals surface area (Å²) >= 11 is 9.70. The lowest BCUT2D eigenvalue weighted by Gasteiger charge is -2.35. The van der Waals surface area contributed by atoms with E-state index < -0.39 is 0 Å². The lowest BCUT2D eigenvalue weighted by molar-refractivity contribution is 0.0746. The number of aromatic nitrogens is 1. The van der Waals surface area contributed by atoms with Crippen molar-refractivity contribution in [3.05, 3.63) is 45.5 Å². The number of ether oxygens (including phenoxy) is 2. The Hall–Kier alpha value is -1.99. The Morgan fingerprint density at radius 3 is 2.67 bits per heavy atom. The monoisotopic (exact) mass is 453 g/mol. The third-order valence-electron chi connectivity index (χ3n) is 4.37. The van der Waals surface area contributed by atoms with Gasteiger partial charge in [-0.25, -0.2) is 4.98 Å². The SMILES string of the molecule is CCOc1c(Br)cc(C(=O)N2CCN(c3ncccc3Cl)CC2)cc1OC. The summed E-state index contributed by atoms with van der Waals surface area (Å²) in [6.45, 7) is 4.96. The highest BCUT2D eigenvalue weighted by Gasteiger charge is 2.25. The van der Waals surface area contributed by atoms with Gasteiger partial charge < -0.3 is 19.3 Å². The number of piperazine rings is 1. The van der Waals surface area contributed by atoms with Crippen molar-refractivity contribution in [1.29, 1.82) is 0 Å². The van der Waals surface area contributed by atoms with Crippen LogP contribution in [0, 0.1) is 0 Å². The summed E-state index contributed by atoms with van der Waals surface area (Å²) in [5.74, 6) is 1.86. The zero-order valence-electron chi connectivity index (χ0n) is 15.2. The first-order valence-corrected chi connectivity index (χ1v) is 9.87. The largest absolute Gasteiger partial charge is 0.493 e. The average Bonchev–Trinajstić information content (AvgIpc) is 2.69. The number of hydrogen-bond donors (Lipinski definition) is 0. The first-order valence-electron chi connectivity index (χ1n) is 8.70. The van der Waals surface area contributed by atoms with Gasteiger partial charge in [-0.2, -0.15) is 0 Å². The van der Waals surface area contributed by atoms with Crippen molar-refractivity contribution in [2.45, 2.75) is 6.92 Å². The van der Waals surface area contributed by atoms with E-state index in [9.17, 15) is 4.79 Å². The van der Waals surface area contributed by atoms with Gasteiger partial charge in [-0.05, 0) is 47.1 Å². The number of anilines is 1. The molecule has 0 saturated carbocycles. The molecule has 1 fully saturated rings. The van der Waals surface area contributed by atoms with E-state index >= 15 is 0 Å². The lowest BCUT2D eigenvalue weighted by atomic mass is 10.1. The minimum atomic E-state index is -0.0381. The first kappa shape index (κ1) is 19.8. The van der Waals surface area contributed by atoms with Crippen LogP contribution in [0.1, 0.15) is 17.3 Å². The van der Waals surface area contributed by atoms with E-state index in [0.29, 0.717) is 59.3 Å². The second kappa shape index (κ2) is 8.80. The van der Waals surface area contributed by atoms with Crippen molar-refractivity contribution < 1.29 is 14.3 Å². The van der Waals surface area contributed by atoms with Gasteiger partial charge in [0.05, 0.1) is 23.2 Å². The molecule has 1 saturated heterocycles. The average molecular weight is 455 g/mol. The number of nitrogens with zero attached hydrogens (tertiary/aromatic N) is 3. The molecule has 0 atom stereocenters. The summed E-state index contributed by atoms with van der Waals surface area (Å²) in [7, 11) is 1.56. The normalized spacial score (nSPS) is 14.2. The van der Waals surface area contributed by atoms with Crippen LogP contribution >= 0.6 is 27.5 Å². The van der Waals surface area contributed by atoms with Gasteiger partial charge in [-0.1, -0.05) is 11.6 Å². The molecular weight excluding hydrogens is 434 g/mol. The van der Waals surface area contributed by atoms with E-state index in [2.05, 4.69) is 25.8 Å². The maximum absolute atomic E-state index is 12.9. The fourth-order valence-corrected chi connectivity index (χ4v) is 3.84. The van der Waals surface area contributed by atoms with Crippen LogP contribution in [0.4, 0.5) is 5.82 Å². The predicted octanol–water partition coefficient (Wildman–Crippen LogP) is 3.87. The summed E-state index contributed by atoms with van der Waals surface area (Å²) in [5, 5.41) is 0.623. The number of carbonyl (C=O) groups is 1. The number of methoxy groups -OCH3 is 1. The number of amides is 1. The van der Waals surface area contributed by atoms with Gasteiger partial charge in [0.25, 0.3) is 5.91 Å². The summed E-state index contributed by atoms with van der Waals surface area (Å²) in [6.07, 6.45) is 1.72. The van der Waals surface area contributed by atoms with Crippen LogP contribution in [-0.2, 0) is 0 Å². The molecule has 1 aromatic carbocycles. The smallest absolute Gasteiger partial charge is 0.254 e. The van der Waals surface area contributed by atoms with Crippen LogP contribution < -0.4 is 14.4 Å². The molecule has 0 unspecified atom stereocenters. The molecular formula is C19H21BrClN3O3. The number of rotatable bonds is 5. The van der Waals surface area contributed by atoms with Crippen molar-refractivity contribution in [2.75, 3.05) is 44.8 Å². The van der Waals surface area contributed by atoms with Crippen LogP contribution in [0.15, 0.2) is 34.9 Å². The number of pyridine rings is 1. The Kier molecular flexibility index (Phi) is 6.44. The fraction of sp³-hybridized carbons (Fsp3) is 0.368. The second-order valence-electron chi connectivity index (χ2n) is 6.01. The summed E-state index contributed by atoms with van der Waals surface area (Å²) in [6, 6.07) is 7.13. The molecule has 0 bridgehead atoms. The molecule has 8 heteroatoms. The van der Waals surface area contributed by atoms with Gasteiger partial charge in [-0.15, -0.1) is 0 Å². The molecule has 2 aromatic rings. The topological polar surface area (TPSA) is 54.9 Å². The maximum Gasteiger partial charge on any atom is 0.254 e. The van der Waals surface area contributed by atoms with E-state index in [1.165, 1.54) is 0 Å². The van der Waals surface area contributed by atoms with E-state index in [4.69, 9.17) is 21.1 Å². The molecule has 0 spiro atoms. The summed E-state index contributed by atoms with van der Waals surface area (Å²) in [5.41, 5.74) is 0.562. The van der Waals surface area contributed by atoms with Crippen LogP contribution in [0.2, 0.25) is 5.02 Å². The maximum atomic E-state index is 12.9. The Balaban J connectivity index is 1.72. The number of benzene rings is 1. The third-order valence-corrected chi connectivity index (χ3v) is 5.25. The molecule has 1 aliphatic rings. The molecule has 1 aliphatic heterocycles. The fourth-order valence-electron chi connectivity index (χ4n) is 3.04. The van der Waals surface area contributed by atoms with Gasteiger partial charge in [0.15, 0.2) is 11.5 Å². The van der Waals surface area contributed by atoms with Gasteiger partial charge in [-0.3, -0.25) is 4.79 Å². The Bertz CT molecular complexity index is 826. The van der Waals surface area contributed by atoms with Crippen molar-refractivity contribution in [1.82, 2.24) is 9.88 Å². The highest BCUT2D eigenvalue weighted by molar-refractivity contribution is 9.10. The molecule has 0 radical (unpaired) electrons. The molecule has 27 heavy (non-hydrogen) atoms. The van der Waals surface area contributed by atoms with E-state index in [0.717, 1.165) is 5.82 Å². The molecule has 144 valence electrons. The standard InChI is InChI=1S/C19H21BrClN3O3/c1-3-27-17-14(20)11-13(12-16(17)26-2)19(25)24-9-7-23(8-10-24)18-15(21)5-4-6-22-18/h4-6,11-12H,3,7-10H2,1-2H3. The quantitative estimate of drug-likeness (QED) is 0.686. The van der Waals surface area contributed by atoms with Crippen LogP contribution in [-0.4, -0.2) is 55.7 Å². The minimum absolute atomic E-state index is 0.0381. The lowest BCUT2D eigenvalue weighted by Crippen LogP contribution is -2.49. The third kappa shape index (κ3) is 4.30. The molecule has 2 heterocycles. The molecule has 6 nitrogen and oxygen atoms in total. The molecule has 3 rings (SSSR count). The van der Waals surface area contributed by atoms with Crippen LogP contribution in [0.25, 0.3) is 0 Å². The first-order chi connectivity index (χ1) is 13.0. The number of hydrogen-bond acceptors (Lipinski definition) is 5. The van der Waals surface area contributed by atoms with Gasteiger partial charge in [0.1, 0.15) is 5.82 Å². The van der Waals surface area contributed by atoms with Crippen LogP contribution in [0.5, 0.6) is 11.5 Å². The van der Waals surface area contributed by atoms with Gasteiger partial charge in [0, 0.05) is 37.9 Å². The number of carbonyl (C=O) groups excluding carboxylic acids is 1. The predicted molar refractivity (Wildman–Crippen MR) is 109 cm³/mol. The molecule has 0 aliphatic carbocycles. The summed E-state index contributed by atoms with van der Waals surface area (Å²) < 4.78 is 11.7. The van der Waals surface area contributed by atoms with Crippen molar-refractivity contribution >= 4 is 39.3 Å².